The Morgan fingerprint density at radius 1 is 1.50 bits per heavy atom. The van der Waals surface area contributed by atoms with Gasteiger partial charge in [0.2, 0.25) is 0 Å². The zero-order chi connectivity index (χ0) is 13.2. The summed E-state index contributed by atoms with van der Waals surface area (Å²) in [5, 5.41) is 10.1. The number of nitrogens with zero attached hydrogens (tertiary/aromatic N) is 1. The van der Waals surface area contributed by atoms with E-state index in [4.69, 9.17) is 11.6 Å². The Bertz CT molecular complexity index is 443. The van der Waals surface area contributed by atoms with Gasteiger partial charge in [0.25, 0.3) is 5.91 Å². The molecule has 0 saturated carbocycles. The number of rotatable bonds is 3. The molecule has 1 atom stereocenters. The second-order valence-corrected chi connectivity index (χ2v) is 5.18. The SMILES string of the molecule is CC[C@]1(CO)CCCN1C(=O)c1ccccc1Cl. The summed E-state index contributed by atoms with van der Waals surface area (Å²) >= 11 is 6.07. The summed E-state index contributed by atoms with van der Waals surface area (Å²) in [5.41, 5.74) is 0.114. The first kappa shape index (κ1) is 13.4. The molecule has 0 radical (unpaired) electrons. The Kier molecular flexibility index (Phi) is 3.93. The van der Waals surface area contributed by atoms with Crippen molar-refractivity contribution in [2.24, 2.45) is 0 Å². The molecular formula is C14H18ClNO2. The van der Waals surface area contributed by atoms with Crippen molar-refractivity contribution in [1.29, 1.82) is 0 Å². The maximum atomic E-state index is 12.5. The third-order valence-electron chi connectivity index (χ3n) is 3.90. The zero-order valence-corrected chi connectivity index (χ0v) is 11.3. The molecule has 2 rings (SSSR count). The Hall–Kier alpha value is -1.06. The Morgan fingerprint density at radius 3 is 2.83 bits per heavy atom. The molecule has 1 heterocycles. The summed E-state index contributed by atoms with van der Waals surface area (Å²) in [6.45, 7) is 2.71. The highest BCUT2D eigenvalue weighted by Gasteiger charge is 2.42. The van der Waals surface area contributed by atoms with Gasteiger partial charge in [0.15, 0.2) is 0 Å². The number of carbonyl (C=O) groups is 1. The van der Waals surface area contributed by atoms with Crippen LogP contribution in [0.4, 0.5) is 0 Å². The molecule has 0 spiro atoms. The highest BCUT2D eigenvalue weighted by Crippen LogP contribution is 2.34. The van der Waals surface area contributed by atoms with Gasteiger partial charge in [0.05, 0.1) is 22.7 Å². The van der Waals surface area contributed by atoms with Crippen LogP contribution < -0.4 is 0 Å². The number of halogens is 1. The topological polar surface area (TPSA) is 40.5 Å². The van der Waals surface area contributed by atoms with Gasteiger partial charge in [-0.3, -0.25) is 4.79 Å². The molecule has 0 unspecified atom stereocenters. The van der Waals surface area contributed by atoms with Crippen molar-refractivity contribution in [2.75, 3.05) is 13.2 Å². The number of aliphatic hydroxyl groups excluding tert-OH is 1. The van der Waals surface area contributed by atoms with E-state index in [9.17, 15) is 9.90 Å². The molecule has 1 aromatic rings. The standard InChI is InChI=1S/C14H18ClNO2/c1-2-14(10-17)8-5-9-16(14)13(18)11-6-3-4-7-12(11)15/h3-4,6-7,17H,2,5,8-10H2,1H3/t14-/m1/s1. The number of aliphatic hydroxyl groups is 1. The van der Waals surface area contributed by atoms with Crippen LogP contribution in [-0.2, 0) is 0 Å². The number of hydrogen-bond acceptors (Lipinski definition) is 2. The van der Waals surface area contributed by atoms with Gasteiger partial charge in [-0.25, -0.2) is 0 Å². The number of carbonyl (C=O) groups excluding carboxylic acids is 1. The molecule has 3 nitrogen and oxygen atoms in total. The van der Waals surface area contributed by atoms with Crippen molar-refractivity contribution in [2.45, 2.75) is 31.7 Å². The minimum Gasteiger partial charge on any atom is -0.394 e. The quantitative estimate of drug-likeness (QED) is 0.915. The highest BCUT2D eigenvalue weighted by molar-refractivity contribution is 6.33. The van der Waals surface area contributed by atoms with Crippen molar-refractivity contribution < 1.29 is 9.90 Å². The monoisotopic (exact) mass is 267 g/mol. The van der Waals surface area contributed by atoms with Gasteiger partial charge in [0, 0.05) is 6.54 Å². The lowest BCUT2D eigenvalue weighted by Crippen LogP contribution is -2.49. The van der Waals surface area contributed by atoms with Gasteiger partial charge in [-0.05, 0) is 31.4 Å². The smallest absolute Gasteiger partial charge is 0.255 e. The van der Waals surface area contributed by atoms with Crippen molar-refractivity contribution in [1.82, 2.24) is 4.90 Å². The number of likely N-dealkylation sites (tertiary alicyclic amines) is 1. The Morgan fingerprint density at radius 2 is 2.22 bits per heavy atom. The molecule has 0 aliphatic carbocycles. The largest absolute Gasteiger partial charge is 0.394 e. The summed E-state index contributed by atoms with van der Waals surface area (Å²) in [4.78, 5) is 14.3. The summed E-state index contributed by atoms with van der Waals surface area (Å²) in [7, 11) is 0. The van der Waals surface area contributed by atoms with E-state index < -0.39 is 5.54 Å². The number of benzene rings is 1. The van der Waals surface area contributed by atoms with Crippen LogP contribution >= 0.6 is 11.6 Å². The van der Waals surface area contributed by atoms with E-state index in [2.05, 4.69) is 0 Å². The van der Waals surface area contributed by atoms with Crippen LogP contribution in [0.2, 0.25) is 5.02 Å². The lowest BCUT2D eigenvalue weighted by molar-refractivity contribution is 0.0397. The first-order valence-corrected chi connectivity index (χ1v) is 6.70. The maximum absolute atomic E-state index is 12.5. The lowest BCUT2D eigenvalue weighted by Gasteiger charge is -2.36. The average molecular weight is 268 g/mol. The van der Waals surface area contributed by atoms with Crippen LogP contribution in [0.3, 0.4) is 0 Å². The van der Waals surface area contributed by atoms with Gasteiger partial charge in [0.1, 0.15) is 0 Å². The van der Waals surface area contributed by atoms with Crippen molar-refractivity contribution in [3.8, 4) is 0 Å². The van der Waals surface area contributed by atoms with Crippen LogP contribution in [0.5, 0.6) is 0 Å². The molecule has 1 aliphatic heterocycles. The molecule has 98 valence electrons. The molecule has 1 fully saturated rings. The van der Waals surface area contributed by atoms with Crippen LogP contribution in [0.1, 0.15) is 36.5 Å². The second-order valence-electron chi connectivity index (χ2n) is 4.78. The van der Waals surface area contributed by atoms with Crippen LogP contribution in [-0.4, -0.2) is 34.6 Å². The fourth-order valence-corrected chi connectivity index (χ4v) is 2.90. The molecule has 4 heteroatoms. The number of amides is 1. The van der Waals surface area contributed by atoms with Gasteiger partial charge in [-0.2, -0.15) is 0 Å². The van der Waals surface area contributed by atoms with Crippen molar-refractivity contribution >= 4 is 17.5 Å². The fraction of sp³-hybridized carbons (Fsp3) is 0.500. The predicted molar refractivity (Wildman–Crippen MR) is 71.8 cm³/mol. The van der Waals surface area contributed by atoms with E-state index in [1.165, 1.54) is 0 Å². The predicted octanol–water partition coefficient (Wildman–Crippen LogP) is 2.72. The van der Waals surface area contributed by atoms with Crippen molar-refractivity contribution in [3.63, 3.8) is 0 Å². The molecule has 18 heavy (non-hydrogen) atoms. The summed E-state index contributed by atoms with van der Waals surface area (Å²) in [6.07, 6.45) is 2.56. The minimum absolute atomic E-state index is 0.0136. The molecule has 0 aromatic heterocycles. The highest BCUT2D eigenvalue weighted by atomic mass is 35.5. The van der Waals surface area contributed by atoms with E-state index in [0.717, 1.165) is 19.3 Å². The molecule has 1 N–H and O–H groups in total. The fourth-order valence-electron chi connectivity index (χ4n) is 2.68. The maximum Gasteiger partial charge on any atom is 0.255 e. The van der Waals surface area contributed by atoms with E-state index >= 15 is 0 Å². The van der Waals surface area contributed by atoms with Crippen molar-refractivity contribution in [3.05, 3.63) is 34.9 Å². The van der Waals surface area contributed by atoms with Crippen LogP contribution in [0.15, 0.2) is 24.3 Å². The Labute approximate surface area is 112 Å². The normalized spacial score (nSPS) is 23.4. The van der Waals surface area contributed by atoms with Gasteiger partial charge < -0.3 is 10.0 Å². The van der Waals surface area contributed by atoms with Crippen LogP contribution in [0.25, 0.3) is 0 Å². The third-order valence-corrected chi connectivity index (χ3v) is 4.23. The third kappa shape index (κ3) is 2.13. The Balaban J connectivity index is 2.32. The summed E-state index contributed by atoms with van der Waals surface area (Å²) in [5.74, 6) is -0.0750. The molecule has 1 aliphatic rings. The van der Waals surface area contributed by atoms with E-state index in [1.807, 2.05) is 19.1 Å². The first-order valence-electron chi connectivity index (χ1n) is 6.32. The van der Waals surface area contributed by atoms with E-state index in [0.29, 0.717) is 17.1 Å². The van der Waals surface area contributed by atoms with Crippen LogP contribution in [0, 0.1) is 0 Å². The van der Waals surface area contributed by atoms with Gasteiger partial charge >= 0.3 is 0 Å². The molecular weight excluding hydrogens is 250 g/mol. The molecule has 0 bridgehead atoms. The summed E-state index contributed by atoms with van der Waals surface area (Å²) in [6, 6.07) is 7.07. The van der Waals surface area contributed by atoms with E-state index in [-0.39, 0.29) is 12.5 Å². The second kappa shape index (κ2) is 5.29. The number of hydrogen-bond donors (Lipinski definition) is 1. The van der Waals surface area contributed by atoms with Gasteiger partial charge in [-0.1, -0.05) is 30.7 Å². The lowest BCUT2D eigenvalue weighted by atomic mass is 9.93. The molecule has 1 saturated heterocycles. The summed E-state index contributed by atoms with van der Waals surface area (Å²) < 4.78 is 0. The van der Waals surface area contributed by atoms with Gasteiger partial charge in [-0.15, -0.1) is 0 Å². The minimum atomic E-state index is -0.406. The van der Waals surface area contributed by atoms with E-state index in [1.54, 1.807) is 17.0 Å². The zero-order valence-electron chi connectivity index (χ0n) is 10.5. The average Bonchev–Trinajstić information content (AvgIpc) is 2.83. The molecule has 1 amide bonds. The first-order chi connectivity index (χ1) is 8.64. The molecule has 1 aromatic carbocycles.